The SMILES string of the molecule is CCCC[C@@H](N)c1cc([N+](=O)[O-])ccc1F.Cl. The molecular formula is C11H16ClFN2O2. The largest absolute Gasteiger partial charge is 0.324 e. The first kappa shape index (κ1) is 15.8. The second-order valence-corrected chi connectivity index (χ2v) is 3.71. The molecule has 0 unspecified atom stereocenters. The zero-order valence-corrected chi connectivity index (χ0v) is 10.4. The molecule has 1 aromatic rings. The number of non-ortho nitro benzene ring substituents is 1. The van der Waals surface area contributed by atoms with Gasteiger partial charge in [0.1, 0.15) is 5.82 Å². The van der Waals surface area contributed by atoms with Gasteiger partial charge in [-0.05, 0) is 12.5 Å². The molecule has 0 radical (unpaired) electrons. The first-order chi connectivity index (χ1) is 7.56. The number of halogens is 2. The van der Waals surface area contributed by atoms with Crippen LogP contribution in [-0.2, 0) is 0 Å². The number of nitro benzene ring substituents is 1. The average Bonchev–Trinajstić information content (AvgIpc) is 2.26. The van der Waals surface area contributed by atoms with Crippen molar-refractivity contribution in [1.82, 2.24) is 0 Å². The highest BCUT2D eigenvalue weighted by Crippen LogP contribution is 2.24. The number of nitrogens with two attached hydrogens (primary N) is 1. The van der Waals surface area contributed by atoms with Crippen molar-refractivity contribution in [2.45, 2.75) is 32.2 Å². The first-order valence-corrected chi connectivity index (χ1v) is 5.25. The molecule has 1 aromatic carbocycles. The van der Waals surface area contributed by atoms with Crippen LogP contribution < -0.4 is 5.73 Å². The second-order valence-electron chi connectivity index (χ2n) is 3.71. The van der Waals surface area contributed by atoms with Gasteiger partial charge in [-0.2, -0.15) is 0 Å². The summed E-state index contributed by atoms with van der Waals surface area (Å²) in [6, 6.07) is 2.99. The second kappa shape index (κ2) is 7.19. The lowest BCUT2D eigenvalue weighted by atomic mass is 10.0. The fourth-order valence-corrected chi connectivity index (χ4v) is 1.51. The molecule has 0 aliphatic rings. The van der Waals surface area contributed by atoms with E-state index in [-0.39, 0.29) is 23.7 Å². The maximum atomic E-state index is 13.4. The summed E-state index contributed by atoms with van der Waals surface area (Å²) in [7, 11) is 0. The molecule has 0 bridgehead atoms. The van der Waals surface area contributed by atoms with Gasteiger partial charge in [-0.1, -0.05) is 19.8 Å². The summed E-state index contributed by atoms with van der Waals surface area (Å²) in [6.07, 6.45) is 2.47. The van der Waals surface area contributed by atoms with E-state index in [4.69, 9.17) is 5.73 Å². The molecule has 0 amide bonds. The Balaban J connectivity index is 0.00000256. The van der Waals surface area contributed by atoms with Crippen molar-refractivity contribution in [1.29, 1.82) is 0 Å². The summed E-state index contributed by atoms with van der Waals surface area (Å²) in [6.45, 7) is 2.01. The topological polar surface area (TPSA) is 69.2 Å². The van der Waals surface area contributed by atoms with Crippen molar-refractivity contribution in [3.8, 4) is 0 Å². The lowest BCUT2D eigenvalue weighted by Crippen LogP contribution is -2.12. The Morgan fingerprint density at radius 3 is 2.71 bits per heavy atom. The highest BCUT2D eigenvalue weighted by atomic mass is 35.5. The molecule has 6 heteroatoms. The van der Waals surface area contributed by atoms with E-state index < -0.39 is 16.8 Å². The Labute approximate surface area is 106 Å². The Morgan fingerprint density at radius 1 is 1.53 bits per heavy atom. The predicted octanol–water partition coefficient (Wildman–Crippen LogP) is 3.35. The van der Waals surface area contributed by atoms with Gasteiger partial charge in [0, 0.05) is 23.7 Å². The number of hydrogen-bond acceptors (Lipinski definition) is 3. The van der Waals surface area contributed by atoms with E-state index in [1.807, 2.05) is 6.92 Å². The number of hydrogen-bond donors (Lipinski definition) is 1. The summed E-state index contributed by atoms with van der Waals surface area (Å²) < 4.78 is 13.4. The molecule has 0 saturated heterocycles. The molecule has 1 rings (SSSR count). The third kappa shape index (κ3) is 4.28. The van der Waals surface area contributed by atoms with E-state index >= 15 is 0 Å². The van der Waals surface area contributed by atoms with E-state index in [9.17, 15) is 14.5 Å². The van der Waals surface area contributed by atoms with Crippen LogP contribution in [0.25, 0.3) is 0 Å². The van der Waals surface area contributed by atoms with Gasteiger partial charge in [-0.15, -0.1) is 12.4 Å². The minimum absolute atomic E-state index is 0. The maximum Gasteiger partial charge on any atom is 0.269 e. The van der Waals surface area contributed by atoms with Gasteiger partial charge in [0.15, 0.2) is 0 Å². The normalized spacial score (nSPS) is 11.7. The van der Waals surface area contributed by atoms with Crippen molar-refractivity contribution in [3.05, 3.63) is 39.7 Å². The molecule has 0 aromatic heterocycles. The van der Waals surface area contributed by atoms with Gasteiger partial charge in [0.05, 0.1) is 4.92 Å². The number of nitro groups is 1. The molecule has 4 nitrogen and oxygen atoms in total. The molecule has 2 N–H and O–H groups in total. The molecule has 0 saturated carbocycles. The standard InChI is InChI=1S/C11H15FN2O2.ClH/c1-2-3-4-11(13)9-7-8(14(15)16)5-6-10(9)12;/h5-7,11H,2-4,13H2,1H3;1H/t11-;/m1./s1. The summed E-state index contributed by atoms with van der Waals surface area (Å²) in [5.74, 6) is -0.478. The quantitative estimate of drug-likeness (QED) is 0.653. The van der Waals surface area contributed by atoms with Crippen LogP contribution in [0.15, 0.2) is 18.2 Å². The zero-order valence-electron chi connectivity index (χ0n) is 9.56. The van der Waals surface area contributed by atoms with E-state index in [0.29, 0.717) is 6.42 Å². The average molecular weight is 263 g/mol. The summed E-state index contributed by atoms with van der Waals surface area (Å²) in [5.41, 5.74) is 5.89. The first-order valence-electron chi connectivity index (χ1n) is 5.25. The molecule has 0 heterocycles. The Kier molecular flexibility index (Phi) is 6.68. The molecule has 0 aliphatic heterocycles. The van der Waals surface area contributed by atoms with Gasteiger partial charge < -0.3 is 5.73 Å². The van der Waals surface area contributed by atoms with E-state index in [1.165, 1.54) is 6.07 Å². The number of rotatable bonds is 5. The van der Waals surface area contributed by atoms with Crippen LogP contribution in [0.1, 0.15) is 37.8 Å². The summed E-state index contributed by atoms with van der Waals surface area (Å²) in [5, 5.41) is 10.5. The summed E-state index contributed by atoms with van der Waals surface area (Å²) in [4.78, 5) is 10.00. The van der Waals surface area contributed by atoms with Crippen molar-refractivity contribution < 1.29 is 9.31 Å². The van der Waals surface area contributed by atoms with Crippen LogP contribution in [0, 0.1) is 15.9 Å². The smallest absolute Gasteiger partial charge is 0.269 e. The number of benzene rings is 1. The van der Waals surface area contributed by atoms with E-state index in [0.717, 1.165) is 25.0 Å². The van der Waals surface area contributed by atoms with Crippen LogP contribution in [0.3, 0.4) is 0 Å². The van der Waals surface area contributed by atoms with Crippen LogP contribution in [0.2, 0.25) is 0 Å². The molecule has 0 aliphatic carbocycles. The molecule has 0 spiro atoms. The maximum absolute atomic E-state index is 13.4. The predicted molar refractivity (Wildman–Crippen MR) is 66.8 cm³/mol. The lowest BCUT2D eigenvalue weighted by Gasteiger charge is -2.11. The number of unbranched alkanes of at least 4 members (excludes halogenated alkanes) is 1. The van der Waals surface area contributed by atoms with E-state index in [2.05, 4.69) is 0 Å². The monoisotopic (exact) mass is 262 g/mol. The zero-order chi connectivity index (χ0) is 12.1. The van der Waals surface area contributed by atoms with E-state index in [1.54, 1.807) is 0 Å². The third-order valence-corrected chi connectivity index (χ3v) is 2.46. The molecule has 1 atom stereocenters. The van der Waals surface area contributed by atoms with Crippen LogP contribution >= 0.6 is 12.4 Å². The highest BCUT2D eigenvalue weighted by Gasteiger charge is 2.15. The Hall–Kier alpha value is -1.20. The van der Waals surface area contributed by atoms with Crippen LogP contribution in [0.4, 0.5) is 10.1 Å². The fourth-order valence-electron chi connectivity index (χ4n) is 1.51. The van der Waals surface area contributed by atoms with Gasteiger partial charge in [-0.3, -0.25) is 10.1 Å². The Morgan fingerprint density at radius 2 is 2.18 bits per heavy atom. The third-order valence-electron chi connectivity index (χ3n) is 2.46. The Bertz CT molecular complexity index is 388. The minimum Gasteiger partial charge on any atom is -0.324 e. The van der Waals surface area contributed by atoms with Crippen molar-refractivity contribution in [2.75, 3.05) is 0 Å². The lowest BCUT2D eigenvalue weighted by molar-refractivity contribution is -0.385. The van der Waals surface area contributed by atoms with Gasteiger partial charge in [0.25, 0.3) is 5.69 Å². The molecule has 17 heavy (non-hydrogen) atoms. The van der Waals surface area contributed by atoms with Gasteiger partial charge in [0.2, 0.25) is 0 Å². The van der Waals surface area contributed by atoms with Crippen molar-refractivity contribution in [3.63, 3.8) is 0 Å². The summed E-state index contributed by atoms with van der Waals surface area (Å²) >= 11 is 0. The van der Waals surface area contributed by atoms with Gasteiger partial charge in [-0.25, -0.2) is 4.39 Å². The van der Waals surface area contributed by atoms with Gasteiger partial charge >= 0.3 is 0 Å². The number of nitrogens with zero attached hydrogens (tertiary/aromatic N) is 1. The van der Waals surface area contributed by atoms with Crippen LogP contribution in [-0.4, -0.2) is 4.92 Å². The highest BCUT2D eigenvalue weighted by molar-refractivity contribution is 5.85. The van der Waals surface area contributed by atoms with Crippen molar-refractivity contribution >= 4 is 18.1 Å². The van der Waals surface area contributed by atoms with Crippen LogP contribution in [0.5, 0.6) is 0 Å². The molecule has 0 fully saturated rings. The molecular weight excluding hydrogens is 247 g/mol. The molecule has 96 valence electrons. The minimum atomic E-state index is -0.546. The fraction of sp³-hybridized carbons (Fsp3) is 0.455. The van der Waals surface area contributed by atoms with Crippen molar-refractivity contribution in [2.24, 2.45) is 5.73 Å².